The molecule has 0 heterocycles. The van der Waals surface area contributed by atoms with Crippen LogP contribution in [-0.4, -0.2) is 18.9 Å². The average molecular weight is 294 g/mol. The lowest BCUT2D eigenvalue weighted by molar-refractivity contribution is 0.313. The van der Waals surface area contributed by atoms with Crippen molar-refractivity contribution in [3.05, 3.63) is 28.8 Å². The Morgan fingerprint density at radius 2 is 2.00 bits per heavy atom. The highest BCUT2D eigenvalue weighted by Gasteiger charge is 2.24. The second kappa shape index (κ2) is 6.49. The standard InChI is InChI=1S/C16H24ClN3/c1-3-11-4-7-13(8-5-11)20(2)15-10-12(17)6-9-14(15)16(18)19/h6,9-11,13H,3-5,7-8H2,1-2H3,(H3,18,19). The molecule has 4 heteroatoms. The highest BCUT2D eigenvalue weighted by molar-refractivity contribution is 6.31. The van der Waals surface area contributed by atoms with E-state index in [4.69, 9.17) is 22.7 Å². The number of halogens is 1. The van der Waals surface area contributed by atoms with Gasteiger partial charge in [0.05, 0.1) is 0 Å². The van der Waals surface area contributed by atoms with Crippen molar-refractivity contribution < 1.29 is 0 Å². The minimum atomic E-state index is 0.103. The van der Waals surface area contributed by atoms with E-state index in [0.717, 1.165) is 17.2 Å². The normalized spacial score (nSPS) is 22.6. The zero-order chi connectivity index (χ0) is 14.7. The number of benzene rings is 1. The minimum Gasteiger partial charge on any atom is -0.384 e. The second-order valence-electron chi connectivity index (χ2n) is 5.77. The fourth-order valence-corrected chi connectivity index (χ4v) is 3.33. The fourth-order valence-electron chi connectivity index (χ4n) is 3.16. The molecule has 3 N–H and O–H groups in total. The maximum absolute atomic E-state index is 7.72. The van der Waals surface area contributed by atoms with Gasteiger partial charge in [-0.2, -0.15) is 0 Å². The first-order valence-electron chi connectivity index (χ1n) is 7.39. The molecule has 0 spiro atoms. The summed E-state index contributed by atoms with van der Waals surface area (Å²) in [7, 11) is 2.09. The molecule has 0 aliphatic heterocycles. The zero-order valence-corrected chi connectivity index (χ0v) is 13.1. The van der Waals surface area contributed by atoms with Crippen LogP contribution in [0.5, 0.6) is 0 Å². The molecule has 0 unspecified atom stereocenters. The Bertz CT molecular complexity index is 479. The maximum atomic E-state index is 7.72. The van der Waals surface area contributed by atoms with Gasteiger partial charge in [0.25, 0.3) is 0 Å². The Kier molecular flexibility index (Phi) is 4.92. The number of nitrogens with one attached hydrogen (secondary N) is 1. The predicted molar refractivity (Wildman–Crippen MR) is 86.9 cm³/mol. The average Bonchev–Trinajstić information content (AvgIpc) is 2.46. The van der Waals surface area contributed by atoms with Gasteiger partial charge in [-0.25, -0.2) is 0 Å². The van der Waals surface area contributed by atoms with Crippen LogP contribution in [0.2, 0.25) is 5.02 Å². The van der Waals surface area contributed by atoms with E-state index in [1.54, 1.807) is 6.07 Å². The molecule has 0 saturated heterocycles. The summed E-state index contributed by atoms with van der Waals surface area (Å²) in [6.45, 7) is 2.28. The lowest BCUT2D eigenvalue weighted by Crippen LogP contribution is -2.36. The van der Waals surface area contributed by atoms with E-state index in [1.165, 1.54) is 32.1 Å². The number of nitrogens with two attached hydrogens (primary N) is 1. The van der Waals surface area contributed by atoms with Crippen LogP contribution in [0.1, 0.15) is 44.6 Å². The van der Waals surface area contributed by atoms with Crippen molar-refractivity contribution in [2.24, 2.45) is 11.7 Å². The molecule has 1 aromatic rings. The SMILES string of the molecule is CCC1CCC(N(C)c2cc(Cl)ccc2C(=N)N)CC1. The van der Waals surface area contributed by atoms with Crippen molar-refractivity contribution in [2.75, 3.05) is 11.9 Å². The second-order valence-corrected chi connectivity index (χ2v) is 6.21. The number of hydrogen-bond acceptors (Lipinski definition) is 2. The molecule has 1 saturated carbocycles. The first-order valence-corrected chi connectivity index (χ1v) is 7.77. The van der Waals surface area contributed by atoms with Crippen LogP contribution in [0.4, 0.5) is 5.69 Å². The number of anilines is 1. The smallest absolute Gasteiger partial charge is 0.124 e. The van der Waals surface area contributed by atoms with Crippen molar-refractivity contribution in [3.63, 3.8) is 0 Å². The van der Waals surface area contributed by atoms with Gasteiger partial charge >= 0.3 is 0 Å². The third-order valence-electron chi connectivity index (χ3n) is 4.57. The molecule has 0 amide bonds. The fraction of sp³-hybridized carbons (Fsp3) is 0.562. The maximum Gasteiger partial charge on any atom is 0.124 e. The lowest BCUT2D eigenvalue weighted by atomic mass is 9.84. The third kappa shape index (κ3) is 3.26. The van der Waals surface area contributed by atoms with Gasteiger partial charge in [-0.05, 0) is 49.8 Å². The number of nitrogen functional groups attached to an aromatic ring is 1. The van der Waals surface area contributed by atoms with Crippen LogP contribution >= 0.6 is 11.6 Å². The molecule has 2 rings (SSSR count). The zero-order valence-electron chi connectivity index (χ0n) is 12.3. The largest absolute Gasteiger partial charge is 0.384 e. The Morgan fingerprint density at radius 1 is 1.35 bits per heavy atom. The molecule has 0 atom stereocenters. The topological polar surface area (TPSA) is 53.1 Å². The van der Waals surface area contributed by atoms with Crippen molar-refractivity contribution in [1.82, 2.24) is 0 Å². The van der Waals surface area contributed by atoms with Crippen LogP contribution in [-0.2, 0) is 0 Å². The van der Waals surface area contributed by atoms with Gasteiger partial charge in [-0.1, -0.05) is 24.9 Å². The molecule has 1 fully saturated rings. The van der Waals surface area contributed by atoms with E-state index in [1.807, 2.05) is 12.1 Å². The van der Waals surface area contributed by atoms with Crippen molar-refractivity contribution in [3.8, 4) is 0 Å². The Morgan fingerprint density at radius 3 is 2.55 bits per heavy atom. The quantitative estimate of drug-likeness (QED) is 0.650. The van der Waals surface area contributed by atoms with Gasteiger partial charge in [0.2, 0.25) is 0 Å². The van der Waals surface area contributed by atoms with E-state index < -0.39 is 0 Å². The number of amidine groups is 1. The molecule has 3 nitrogen and oxygen atoms in total. The van der Waals surface area contributed by atoms with E-state index >= 15 is 0 Å². The molecule has 0 radical (unpaired) electrons. The summed E-state index contributed by atoms with van der Waals surface area (Å²) in [6.07, 6.45) is 6.28. The number of nitrogens with zero attached hydrogens (tertiary/aromatic N) is 1. The Balaban J connectivity index is 2.18. The summed E-state index contributed by atoms with van der Waals surface area (Å²) in [6, 6.07) is 6.08. The van der Waals surface area contributed by atoms with Crippen LogP contribution in [0.3, 0.4) is 0 Å². The summed E-state index contributed by atoms with van der Waals surface area (Å²) in [5.74, 6) is 0.983. The van der Waals surface area contributed by atoms with Crippen LogP contribution < -0.4 is 10.6 Å². The van der Waals surface area contributed by atoms with Gasteiger partial charge < -0.3 is 10.6 Å². The molecule has 20 heavy (non-hydrogen) atoms. The number of hydrogen-bond donors (Lipinski definition) is 2. The molecular weight excluding hydrogens is 270 g/mol. The monoisotopic (exact) mass is 293 g/mol. The Labute approximate surface area is 126 Å². The number of rotatable bonds is 4. The summed E-state index contributed by atoms with van der Waals surface area (Å²) in [5.41, 5.74) is 7.44. The van der Waals surface area contributed by atoms with E-state index in [0.29, 0.717) is 11.1 Å². The molecular formula is C16H24ClN3. The van der Waals surface area contributed by atoms with Gasteiger partial charge in [0, 0.05) is 29.4 Å². The highest BCUT2D eigenvalue weighted by atomic mass is 35.5. The molecule has 1 aliphatic rings. The molecule has 1 aromatic carbocycles. The Hall–Kier alpha value is -1.22. The van der Waals surface area contributed by atoms with Gasteiger partial charge in [0.15, 0.2) is 0 Å². The summed E-state index contributed by atoms with van der Waals surface area (Å²) in [5, 5.41) is 8.42. The molecule has 110 valence electrons. The van der Waals surface area contributed by atoms with E-state index in [2.05, 4.69) is 18.9 Å². The minimum absolute atomic E-state index is 0.103. The summed E-state index contributed by atoms with van der Waals surface area (Å²) < 4.78 is 0. The van der Waals surface area contributed by atoms with Crippen molar-refractivity contribution >= 4 is 23.1 Å². The van der Waals surface area contributed by atoms with Gasteiger partial charge in [-0.3, -0.25) is 5.41 Å². The predicted octanol–water partition coefficient (Wildman–Crippen LogP) is 4.03. The molecule has 0 bridgehead atoms. The summed E-state index contributed by atoms with van der Waals surface area (Å²) in [4.78, 5) is 2.26. The third-order valence-corrected chi connectivity index (χ3v) is 4.81. The summed E-state index contributed by atoms with van der Waals surface area (Å²) >= 11 is 6.11. The van der Waals surface area contributed by atoms with Crippen LogP contribution in [0.25, 0.3) is 0 Å². The first-order chi connectivity index (χ1) is 9.52. The van der Waals surface area contributed by atoms with Crippen LogP contribution in [0, 0.1) is 11.3 Å². The molecule has 1 aliphatic carbocycles. The van der Waals surface area contributed by atoms with Crippen LogP contribution in [0.15, 0.2) is 18.2 Å². The van der Waals surface area contributed by atoms with E-state index in [9.17, 15) is 0 Å². The van der Waals surface area contributed by atoms with Gasteiger partial charge in [-0.15, -0.1) is 0 Å². The van der Waals surface area contributed by atoms with Gasteiger partial charge in [0.1, 0.15) is 5.84 Å². The van der Waals surface area contributed by atoms with Crippen molar-refractivity contribution in [1.29, 1.82) is 5.41 Å². The van der Waals surface area contributed by atoms with E-state index in [-0.39, 0.29) is 5.84 Å². The highest BCUT2D eigenvalue weighted by Crippen LogP contribution is 2.33. The van der Waals surface area contributed by atoms with Crippen molar-refractivity contribution in [2.45, 2.75) is 45.1 Å². The lowest BCUT2D eigenvalue weighted by Gasteiger charge is -2.36. The molecule has 0 aromatic heterocycles. The first kappa shape index (κ1) is 15.2.